The average Bonchev–Trinajstić information content (AvgIpc) is 3.81. The van der Waals surface area contributed by atoms with Gasteiger partial charge < -0.3 is 29.0 Å². The number of esters is 1. The quantitative estimate of drug-likeness (QED) is 0.0253. The van der Waals surface area contributed by atoms with Crippen LogP contribution in [0.3, 0.4) is 0 Å². The van der Waals surface area contributed by atoms with Crippen molar-refractivity contribution in [1.82, 2.24) is 35.2 Å². The Morgan fingerprint density at radius 3 is 2.42 bits per heavy atom. The molecule has 17 nitrogen and oxygen atoms in total. The lowest BCUT2D eigenvalue weighted by atomic mass is 9.98. The molecule has 17 heteroatoms. The van der Waals surface area contributed by atoms with Crippen molar-refractivity contribution >= 4 is 23.2 Å². The normalized spacial score (nSPS) is 12.9. The number of tetrazole rings is 1. The maximum atomic E-state index is 13.5. The fourth-order valence-corrected chi connectivity index (χ4v) is 5.52. The van der Waals surface area contributed by atoms with E-state index >= 15 is 0 Å². The first-order valence-electron chi connectivity index (χ1n) is 18.0. The van der Waals surface area contributed by atoms with Gasteiger partial charge in [-0.2, -0.15) is 10.2 Å². The lowest BCUT2D eigenvalue weighted by Crippen LogP contribution is -2.42. The largest absolute Gasteiger partial charge is 0.569 e. The van der Waals surface area contributed by atoms with Crippen molar-refractivity contribution in [3.05, 3.63) is 83.1 Å². The molecular weight excluding hydrogens is 710 g/mol. The molecule has 0 aliphatic rings. The predicted octanol–water partition coefficient (Wildman–Crippen LogP) is 7.08. The molecule has 3 aromatic carbocycles. The number of imidazole rings is 1. The molecule has 2 atom stereocenters. The van der Waals surface area contributed by atoms with E-state index in [0.29, 0.717) is 60.3 Å². The second-order valence-electron chi connectivity index (χ2n) is 13.7. The summed E-state index contributed by atoms with van der Waals surface area (Å²) in [6.07, 6.45) is -0.961. The van der Waals surface area contributed by atoms with Crippen molar-refractivity contribution in [2.45, 2.75) is 85.3 Å². The highest BCUT2D eigenvalue weighted by atomic mass is 16.8. The number of para-hydroxylation sites is 1. The number of hydrazine groups is 1. The summed E-state index contributed by atoms with van der Waals surface area (Å²) < 4.78 is 23.8. The van der Waals surface area contributed by atoms with Crippen LogP contribution in [0.4, 0.5) is 4.79 Å². The van der Waals surface area contributed by atoms with Gasteiger partial charge in [-0.25, -0.2) is 9.59 Å². The molecule has 0 saturated heterocycles. The van der Waals surface area contributed by atoms with E-state index in [2.05, 4.69) is 30.9 Å². The molecule has 292 valence electrons. The summed E-state index contributed by atoms with van der Waals surface area (Å²) in [7, 11) is 1.62. The Balaban J connectivity index is 1.18. The monoisotopic (exact) mass is 757 g/mol. The third-order valence-electron chi connectivity index (χ3n) is 8.63. The molecule has 0 spiro atoms. The Morgan fingerprint density at radius 2 is 1.73 bits per heavy atom. The zero-order valence-electron chi connectivity index (χ0n) is 32.1. The van der Waals surface area contributed by atoms with Gasteiger partial charge >= 0.3 is 12.1 Å². The lowest BCUT2D eigenvalue weighted by Gasteiger charge is -2.26. The van der Waals surface area contributed by atoms with E-state index in [1.54, 1.807) is 32.2 Å². The predicted molar refractivity (Wildman–Crippen MR) is 200 cm³/mol. The summed E-state index contributed by atoms with van der Waals surface area (Å²) in [4.78, 5) is 36.2. The number of nitrogens with one attached hydrogen (secondary N) is 1. The number of benzene rings is 3. The molecule has 55 heavy (non-hydrogen) atoms. The molecule has 5 rings (SSSR count). The van der Waals surface area contributed by atoms with Crippen molar-refractivity contribution in [2.24, 2.45) is 5.28 Å². The van der Waals surface area contributed by atoms with Crippen molar-refractivity contribution in [3.63, 3.8) is 0 Å². The third kappa shape index (κ3) is 10.5. The topological polar surface area (TPSA) is 194 Å². The lowest BCUT2D eigenvalue weighted by molar-refractivity contribution is -0.719. The van der Waals surface area contributed by atoms with Gasteiger partial charge in [0.05, 0.1) is 47.3 Å². The van der Waals surface area contributed by atoms with Gasteiger partial charge in [-0.1, -0.05) is 54.6 Å². The number of aromatic nitrogens is 6. The van der Waals surface area contributed by atoms with Gasteiger partial charge in [-0.05, 0) is 87.9 Å². The van der Waals surface area contributed by atoms with Gasteiger partial charge in [-0.15, -0.1) is 15.2 Å². The number of H-pyrrole nitrogens is 1. The maximum absolute atomic E-state index is 13.5. The SMILES string of the molecule is CCOc1nc2cccc(C(=O)OC(C)OC(=O)O[C@H](C)CCCCO/N=[N+](\[O-])N(C)C(C)(C)C)c2n1Cc1ccc(-c2ccccc2-c2nn[nH]n2)cc1. The highest BCUT2D eigenvalue weighted by Gasteiger charge is 2.25. The fourth-order valence-electron chi connectivity index (χ4n) is 5.52. The van der Waals surface area contributed by atoms with E-state index in [4.69, 9.17) is 23.8 Å². The van der Waals surface area contributed by atoms with Gasteiger partial charge in [0.15, 0.2) is 0 Å². The van der Waals surface area contributed by atoms with Gasteiger partial charge in [0.2, 0.25) is 17.4 Å². The first-order chi connectivity index (χ1) is 26.3. The molecule has 2 heterocycles. The fraction of sp³-hybridized carbons (Fsp3) is 0.421. The minimum atomic E-state index is -1.25. The highest BCUT2D eigenvalue weighted by molar-refractivity contribution is 6.02. The van der Waals surface area contributed by atoms with Crippen molar-refractivity contribution < 1.29 is 38.3 Å². The van der Waals surface area contributed by atoms with E-state index in [9.17, 15) is 14.8 Å². The summed E-state index contributed by atoms with van der Waals surface area (Å²) in [5, 5.41) is 31.4. The van der Waals surface area contributed by atoms with Crippen LogP contribution in [-0.4, -0.2) is 90.5 Å². The number of nitrogens with zero attached hydrogens (tertiary/aromatic N) is 8. The number of fused-ring (bicyclic) bond motifs is 1. The Hall–Kier alpha value is -6.26. The minimum Gasteiger partial charge on any atom is -0.569 e. The van der Waals surface area contributed by atoms with Crippen LogP contribution in [0.1, 0.15) is 76.7 Å². The number of unbranched alkanes of at least 4 members (excludes halogenated alkanes) is 1. The zero-order valence-corrected chi connectivity index (χ0v) is 32.1. The molecule has 0 radical (unpaired) electrons. The van der Waals surface area contributed by atoms with Crippen molar-refractivity contribution in [3.8, 4) is 28.5 Å². The number of carbonyl (C=O) groups is 2. The number of aromatic amines is 1. The summed E-state index contributed by atoms with van der Waals surface area (Å²) in [5.41, 5.74) is 4.54. The van der Waals surface area contributed by atoms with Crippen LogP contribution in [0.25, 0.3) is 33.5 Å². The Labute approximate surface area is 318 Å². The molecule has 0 aliphatic heterocycles. The van der Waals surface area contributed by atoms with Crippen LogP contribution >= 0.6 is 0 Å². The standard InChI is InChI=1S/C38H47N9O8/c1-8-51-36-39-32-18-13-17-31(33(32)46(36)24-27-19-21-28(22-20-27)29-15-9-10-16-30(29)34-40-42-43-41-34)35(48)54-26(3)55-37(49)53-25(2)14-11-12-23-52-44-47(50)45(7)38(4,5)6/h9-10,13,15-22,25-26H,8,11-12,14,23-24H2,1-7H3,(H,40,41,42,43)/b47-44-/t25-,26?/m1/s1. The number of ether oxygens (including phenoxy) is 4. The number of hydrogen-bond donors (Lipinski definition) is 1. The smallest absolute Gasteiger partial charge is 0.511 e. The van der Waals surface area contributed by atoms with Crippen LogP contribution in [0.15, 0.2) is 72.0 Å². The Bertz CT molecular complexity index is 2060. The van der Waals surface area contributed by atoms with Crippen LogP contribution in [0, 0.1) is 5.21 Å². The van der Waals surface area contributed by atoms with E-state index in [0.717, 1.165) is 22.3 Å². The van der Waals surface area contributed by atoms with Gasteiger partial charge in [-0.3, -0.25) is 4.57 Å². The third-order valence-corrected chi connectivity index (χ3v) is 8.63. The van der Waals surface area contributed by atoms with Gasteiger partial charge in [0, 0.05) is 12.5 Å². The molecule has 0 bridgehead atoms. The second-order valence-corrected chi connectivity index (χ2v) is 13.7. The number of hydrogen-bond acceptors (Lipinski definition) is 13. The Morgan fingerprint density at radius 1 is 0.982 bits per heavy atom. The summed E-state index contributed by atoms with van der Waals surface area (Å²) in [5.74, 6) is -0.218. The van der Waals surface area contributed by atoms with E-state index in [1.807, 2.05) is 80.8 Å². The molecule has 2 aromatic heterocycles. The van der Waals surface area contributed by atoms with E-state index in [-0.39, 0.29) is 12.2 Å². The van der Waals surface area contributed by atoms with Crippen LogP contribution in [-0.2, 0) is 25.6 Å². The highest BCUT2D eigenvalue weighted by Crippen LogP contribution is 2.31. The number of carbonyl (C=O) groups excluding carboxylic acids is 2. The van der Waals surface area contributed by atoms with E-state index in [1.165, 1.54) is 11.9 Å². The van der Waals surface area contributed by atoms with Gasteiger partial charge in [0.25, 0.3) is 6.01 Å². The molecule has 1 N–H and O–H groups in total. The molecule has 1 unspecified atom stereocenters. The maximum Gasteiger partial charge on any atom is 0.511 e. The van der Waals surface area contributed by atoms with E-state index < -0.39 is 30.1 Å². The molecule has 5 aromatic rings. The molecule has 0 fully saturated rings. The molecule has 0 amide bonds. The second kappa shape index (κ2) is 18.2. The Kier molecular flexibility index (Phi) is 13.2. The molecule has 0 saturated carbocycles. The van der Waals surface area contributed by atoms with Crippen molar-refractivity contribution in [2.75, 3.05) is 20.3 Å². The van der Waals surface area contributed by atoms with Crippen LogP contribution in [0.2, 0.25) is 0 Å². The molecule has 0 aliphatic carbocycles. The van der Waals surface area contributed by atoms with Crippen molar-refractivity contribution in [1.29, 1.82) is 0 Å². The summed E-state index contributed by atoms with van der Waals surface area (Å²) in [6.45, 7) is 11.6. The number of rotatable bonds is 17. The minimum absolute atomic E-state index is 0.220. The average molecular weight is 758 g/mol. The zero-order chi connectivity index (χ0) is 39.5. The van der Waals surface area contributed by atoms with Crippen LogP contribution in [0.5, 0.6) is 6.01 Å². The van der Waals surface area contributed by atoms with Gasteiger partial charge in [0.1, 0.15) is 12.7 Å². The first-order valence-corrected chi connectivity index (χ1v) is 18.0. The summed E-state index contributed by atoms with van der Waals surface area (Å²) in [6, 6.07) is 21.2. The first kappa shape index (κ1) is 39.9. The molecular formula is C38H47N9O8. The van der Waals surface area contributed by atoms with Crippen LogP contribution < -0.4 is 4.74 Å². The summed E-state index contributed by atoms with van der Waals surface area (Å²) >= 11 is 0.